The van der Waals surface area contributed by atoms with Crippen LogP contribution in [0.3, 0.4) is 0 Å². The molecule has 1 aliphatic rings. The van der Waals surface area contributed by atoms with Crippen molar-refractivity contribution in [2.24, 2.45) is 0 Å². The quantitative estimate of drug-likeness (QED) is 0.757. The molecule has 0 aliphatic carbocycles. The standard InChI is InChI=1S/C14H19NO3/c1-14(13(16)18-3)12(17-2)10-15(14)9-11-7-5-4-6-8-11/h4-8,12H,9-10H2,1-3H3/t12-,14+/m1/s1. The zero-order valence-electron chi connectivity index (χ0n) is 11.1. The Kier molecular flexibility index (Phi) is 3.68. The largest absolute Gasteiger partial charge is 0.468 e. The lowest BCUT2D eigenvalue weighted by molar-refractivity contribution is -0.192. The van der Waals surface area contributed by atoms with Gasteiger partial charge in [0.2, 0.25) is 0 Å². The maximum atomic E-state index is 11.9. The summed E-state index contributed by atoms with van der Waals surface area (Å²) in [5.74, 6) is -0.239. The van der Waals surface area contributed by atoms with Gasteiger partial charge >= 0.3 is 5.97 Å². The molecular formula is C14H19NO3. The summed E-state index contributed by atoms with van der Waals surface area (Å²) >= 11 is 0. The first kappa shape index (κ1) is 13.1. The van der Waals surface area contributed by atoms with Crippen molar-refractivity contribution in [1.29, 1.82) is 0 Å². The summed E-state index contributed by atoms with van der Waals surface area (Å²) in [5.41, 5.74) is 0.501. The summed E-state index contributed by atoms with van der Waals surface area (Å²) in [4.78, 5) is 14.0. The summed E-state index contributed by atoms with van der Waals surface area (Å²) in [6.07, 6.45) is -0.103. The molecule has 4 nitrogen and oxygen atoms in total. The monoisotopic (exact) mass is 249 g/mol. The van der Waals surface area contributed by atoms with E-state index in [0.717, 1.165) is 13.1 Å². The molecule has 1 aliphatic heterocycles. The molecule has 0 aromatic heterocycles. The molecule has 1 aromatic carbocycles. The third kappa shape index (κ3) is 2.02. The first-order valence-corrected chi connectivity index (χ1v) is 6.03. The Labute approximate surface area is 107 Å². The molecule has 1 heterocycles. The van der Waals surface area contributed by atoms with Crippen molar-refractivity contribution in [3.05, 3.63) is 35.9 Å². The van der Waals surface area contributed by atoms with Crippen molar-refractivity contribution in [1.82, 2.24) is 4.90 Å². The highest BCUT2D eigenvalue weighted by molar-refractivity contribution is 5.82. The van der Waals surface area contributed by atoms with Crippen LogP contribution >= 0.6 is 0 Å². The number of rotatable bonds is 4. The van der Waals surface area contributed by atoms with Crippen LogP contribution in [0.1, 0.15) is 12.5 Å². The molecule has 0 amide bonds. The average molecular weight is 249 g/mol. The van der Waals surface area contributed by atoms with E-state index in [1.165, 1.54) is 12.7 Å². The van der Waals surface area contributed by atoms with Crippen LogP contribution in [0.25, 0.3) is 0 Å². The molecule has 1 fully saturated rings. The number of benzene rings is 1. The van der Waals surface area contributed by atoms with Crippen LogP contribution in [0.2, 0.25) is 0 Å². The second-order valence-corrected chi connectivity index (χ2v) is 4.73. The van der Waals surface area contributed by atoms with Gasteiger partial charge in [-0.05, 0) is 12.5 Å². The highest BCUT2D eigenvalue weighted by Crippen LogP contribution is 2.35. The Morgan fingerprint density at radius 2 is 2.06 bits per heavy atom. The van der Waals surface area contributed by atoms with Crippen molar-refractivity contribution in [2.75, 3.05) is 20.8 Å². The molecule has 18 heavy (non-hydrogen) atoms. The Bertz CT molecular complexity index is 420. The third-order valence-electron chi connectivity index (χ3n) is 3.77. The van der Waals surface area contributed by atoms with Crippen LogP contribution in [-0.2, 0) is 20.8 Å². The van der Waals surface area contributed by atoms with Crippen LogP contribution in [0.4, 0.5) is 0 Å². The van der Waals surface area contributed by atoms with E-state index >= 15 is 0 Å². The molecule has 4 heteroatoms. The maximum absolute atomic E-state index is 11.9. The van der Waals surface area contributed by atoms with Crippen LogP contribution in [0.5, 0.6) is 0 Å². The number of methoxy groups -OCH3 is 2. The SMILES string of the molecule is COC(=O)[C@]1(C)[C@H](OC)CN1Cc1ccccc1. The first-order valence-electron chi connectivity index (χ1n) is 6.03. The minimum absolute atomic E-state index is 0.103. The summed E-state index contributed by atoms with van der Waals surface area (Å²) in [6, 6.07) is 10.1. The Morgan fingerprint density at radius 3 is 2.61 bits per heavy atom. The van der Waals surface area contributed by atoms with E-state index < -0.39 is 5.54 Å². The fourth-order valence-electron chi connectivity index (χ4n) is 2.46. The molecule has 0 unspecified atom stereocenters. The molecule has 2 rings (SSSR count). The number of hydrogen-bond acceptors (Lipinski definition) is 4. The Hall–Kier alpha value is -1.39. The molecule has 0 N–H and O–H groups in total. The van der Waals surface area contributed by atoms with Gasteiger partial charge in [0.1, 0.15) is 5.54 Å². The lowest BCUT2D eigenvalue weighted by atomic mass is 9.82. The van der Waals surface area contributed by atoms with Crippen LogP contribution in [0.15, 0.2) is 30.3 Å². The molecular weight excluding hydrogens is 230 g/mol. The van der Waals surface area contributed by atoms with Gasteiger partial charge < -0.3 is 9.47 Å². The normalized spacial score (nSPS) is 27.6. The second kappa shape index (κ2) is 5.08. The predicted octanol–water partition coefficient (Wildman–Crippen LogP) is 1.45. The Morgan fingerprint density at radius 1 is 1.39 bits per heavy atom. The number of esters is 1. The van der Waals surface area contributed by atoms with E-state index in [1.807, 2.05) is 25.1 Å². The Balaban J connectivity index is 2.12. The van der Waals surface area contributed by atoms with E-state index in [-0.39, 0.29) is 12.1 Å². The first-order chi connectivity index (χ1) is 8.62. The van der Waals surface area contributed by atoms with Crippen molar-refractivity contribution >= 4 is 5.97 Å². The lowest BCUT2D eigenvalue weighted by Gasteiger charge is -2.53. The number of likely N-dealkylation sites (tertiary alicyclic amines) is 1. The lowest BCUT2D eigenvalue weighted by Crippen LogP contribution is -2.73. The molecule has 1 saturated heterocycles. The third-order valence-corrected chi connectivity index (χ3v) is 3.77. The average Bonchev–Trinajstić information content (AvgIpc) is 2.42. The van der Waals surface area contributed by atoms with Crippen molar-refractivity contribution in [2.45, 2.75) is 25.1 Å². The van der Waals surface area contributed by atoms with Crippen LogP contribution < -0.4 is 0 Å². The number of ether oxygens (including phenoxy) is 2. The maximum Gasteiger partial charge on any atom is 0.328 e. The van der Waals surface area contributed by atoms with Crippen LogP contribution in [0, 0.1) is 0 Å². The smallest absolute Gasteiger partial charge is 0.328 e. The van der Waals surface area contributed by atoms with Crippen LogP contribution in [-0.4, -0.2) is 43.3 Å². The van der Waals surface area contributed by atoms with Gasteiger partial charge in [0.15, 0.2) is 0 Å². The molecule has 1 aromatic rings. The van der Waals surface area contributed by atoms with Crippen molar-refractivity contribution in [3.63, 3.8) is 0 Å². The van der Waals surface area contributed by atoms with Gasteiger partial charge in [-0.1, -0.05) is 30.3 Å². The highest BCUT2D eigenvalue weighted by atomic mass is 16.5. The minimum atomic E-state index is -0.681. The van der Waals surface area contributed by atoms with E-state index in [1.54, 1.807) is 7.11 Å². The van der Waals surface area contributed by atoms with Gasteiger partial charge in [0, 0.05) is 20.2 Å². The molecule has 0 radical (unpaired) electrons. The van der Waals surface area contributed by atoms with Crippen molar-refractivity contribution in [3.8, 4) is 0 Å². The number of hydrogen-bond donors (Lipinski definition) is 0. The van der Waals surface area contributed by atoms with E-state index in [0.29, 0.717) is 0 Å². The zero-order valence-corrected chi connectivity index (χ0v) is 11.1. The van der Waals surface area contributed by atoms with Gasteiger partial charge in [-0.25, -0.2) is 4.79 Å². The fourth-order valence-corrected chi connectivity index (χ4v) is 2.46. The van der Waals surface area contributed by atoms with Crippen molar-refractivity contribution < 1.29 is 14.3 Å². The topological polar surface area (TPSA) is 38.8 Å². The summed E-state index contributed by atoms with van der Waals surface area (Å²) in [5, 5.41) is 0. The van der Waals surface area contributed by atoms with E-state index in [9.17, 15) is 4.79 Å². The number of carbonyl (C=O) groups is 1. The molecule has 0 bridgehead atoms. The molecule has 98 valence electrons. The highest BCUT2D eigenvalue weighted by Gasteiger charge is 2.56. The summed E-state index contributed by atoms with van der Waals surface area (Å²) in [7, 11) is 3.05. The van der Waals surface area contributed by atoms with Gasteiger partial charge in [-0.15, -0.1) is 0 Å². The minimum Gasteiger partial charge on any atom is -0.468 e. The molecule has 2 atom stereocenters. The molecule has 0 saturated carbocycles. The fraction of sp³-hybridized carbons (Fsp3) is 0.500. The van der Waals surface area contributed by atoms with E-state index in [4.69, 9.17) is 9.47 Å². The van der Waals surface area contributed by atoms with E-state index in [2.05, 4.69) is 17.0 Å². The number of nitrogens with zero attached hydrogens (tertiary/aromatic N) is 1. The second-order valence-electron chi connectivity index (χ2n) is 4.73. The van der Waals surface area contributed by atoms with Gasteiger partial charge in [0.25, 0.3) is 0 Å². The summed E-state index contributed by atoms with van der Waals surface area (Å²) in [6.45, 7) is 3.35. The zero-order chi connectivity index (χ0) is 13.2. The number of carbonyl (C=O) groups excluding carboxylic acids is 1. The molecule has 0 spiro atoms. The predicted molar refractivity (Wildman–Crippen MR) is 68.1 cm³/mol. The van der Waals surface area contributed by atoms with Gasteiger partial charge in [-0.2, -0.15) is 0 Å². The van der Waals surface area contributed by atoms with Gasteiger partial charge in [-0.3, -0.25) is 4.90 Å². The van der Waals surface area contributed by atoms with Gasteiger partial charge in [0.05, 0.1) is 13.2 Å². The summed E-state index contributed by atoms with van der Waals surface area (Å²) < 4.78 is 10.2.